The number of fused-ring (bicyclic) bond motifs is 3. The van der Waals surface area contributed by atoms with E-state index in [-0.39, 0.29) is 6.04 Å². The number of benzene rings is 1. The van der Waals surface area contributed by atoms with Crippen LogP contribution in [0.4, 0.5) is 0 Å². The van der Waals surface area contributed by atoms with Crippen molar-refractivity contribution >= 4 is 0 Å². The van der Waals surface area contributed by atoms with Gasteiger partial charge in [0.2, 0.25) is 0 Å². The summed E-state index contributed by atoms with van der Waals surface area (Å²) >= 11 is 0. The highest BCUT2D eigenvalue weighted by Gasteiger charge is 2.20. The third-order valence-electron chi connectivity index (χ3n) is 2.88. The van der Waals surface area contributed by atoms with Crippen LogP contribution in [0.5, 0.6) is 0 Å². The number of rotatable bonds is 0. The van der Waals surface area contributed by atoms with Gasteiger partial charge in [0.15, 0.2) is 5.82 Å². The molecule has 76 valence electrons. The highest BCUT2D eigenvalue weighted by molar-refractivity contribution is 5.43. The summed E-state index contributed by atoms with van der Waals surface area (Å²) in [5.74, 6) is 0.861. The first-order valence-electron chi connectivity index (χ1n) is 5.10. The van der Waals surface area contributed by atoms with Gasteiger partial charge in [-0.1, -0.05) is 18.2 Å². The van der Waals surface area contributed by atoms with Gasteiger partial charge in [-0.05, 0) is 24.5 Å². The molecule has 1 atom stereocenters. The van der Waals surface area contributed by atoms with Crippen molar-refractivity contribution in [3.63, 3.8) is 0 Å². The van der Waals surface area contributed by atoms with E-state index < -0.39 is 0 Å². The molecule has 0 fully saturated rings. The van der Waals surface area contributed by atoms with E-state index in [4.69, 9.17) is 5.73 Å². The Morgan fingerprint density at radius 2 is 2.20 bits per heavy atom. The number of hydrogen-bond acceptors (Lipinski definition) is 3. The van der Waals surface area contributed by atoms with Crippen LogP contribution in [-0.2, 0) is 6.42 Å². The van der Waals surface area contributed by atoms with Gasteiger partial charge in [0.05, 0.1) is 11.7 Å². The van der Waals surface area contributed by atoms with Crippen LogP contribution >= 0.6 is 0 Å². The normalized spacial score (nSPS) is 19.1. The molecule has 0 aliphatic carbocycles. The van der Waals surface area contributed by atoms with Crippen LogP contribution < -0.4 is 5.73 Å². The molecule has 1 aromatic heterocycles. The zero-order valence-corrected chi connectivity index (χ0v) is 8.30. The van der Waals surface area contributed by atoms with Gasteiger partial charge in [0.25, 0.3) is 0 Å². The summed E-state index contributed by atoms with van der Waals surface area (Å²) in [6, 6.07) is 8.29. The quantitative estimate of drug-likeness (QED) is 0.695. The molecule has 2 N–H and O–H groups in total. The second kappa shape index (κ2) is 3.17. The fourth-order valence-corrected chi connectivity index (χ4v) is 2.08. The Labute approximate surface area is 87.7 Å². The van der Waals surface area contributed by atoms with Crippen LogP contribution in [0.2, 0.25) is 0 Å². The molecule has 4 nitrogen and oxygen atoms in total. The van der Waals surface area contributed by atoms with Crippen LogP contribution in [0, 0.1) is 0 Å². The molecule has 0 radical (unpaired) electrons. The average molecular weight is 200 g/mol. The lowest BCUT2D eigenvalue weighted by Crippen LogP contribution is -2.13. The average Bonchev–Trinajstić information content (AvgIpc) is 2.71. The Bertz CT molecular complexity index is 489. The fraction of sp³-hybridized carbons (Fsp3) is 0.273. The minimum absolute atomic E-state index is 0.0140. The van der Waals surface area contributed by atoms with Crippen molar-refractivity contribution in [2.75, 3.05) is 0 Å². The highest BCUT2D eigenvalue weighted by atomic mass is 15.3. The van der Waals surface area contributed by atoms with E-state index in [1.54, 1.807) is 6.33 Å². The molecule has 3 rings (SSSR count). The Morgan fingerprint density at radius 3 is 3.13 bits per heavy atom. The third kappa shape index (κ3) is 1.26. The Morgan fingerprint density at radius 1 is 1.33 bits per heavy atom. The van der Waals surface area contributed by atoms with E-state index in [0.29, 0.717) is 0 Å². The molecule has 2 aromatic rings. The molecule has 0 saturated carbocycles. The van der Waals surface area contributed by atoms with E-state index in [9.17, 15) is 0 Å². The molecule has 0 amide bonds. The van der Waals surface area contributed by atoms with Crippen LogP contribution in [-0.4, -0.2) is 14.8 Å². The van der Waals surface area contributed by atoms with Crippen LogP contribution in [0.3, 0.4) is 0 Å². The minimum Gasteiger partial charge on any atom is -0.321 e. The standard InChI is InChI=1S/C11H12N4/c12-9-6-5-8-3-1-2-4-10(8)15-7-13-14-11(9)15/h1-4,7,9H,5-6,12H2/t9-/m0/s1. The van der Waals surface area contributed by atoms with Gasteiger partial charge >= 0.3 is 0 Å². The number of nitrogens with zero attached hydrogens (tertiary/aromatic N) is 3. The van der Waals surface area contributed by atoms with Gasteiger partial charge in [0.1, 0.15) is 6.33 Å². The van der Waals surface area contributed by atoms with Crippen molar-refractivity contribution in [2.24, 2.45) is 5.73 Å². The summed E-state index contributed by atoms with van der Waals surface area (Å²) in [7, 11) is 0. The number of aryl methyl sites for hydroxylation is 1. The maximum Gasteiger partial charge on any atom is 0.154 e. The molecule has 0 bridgehead atoms. The van der Waals surface area contributed by atoms with Crippen molar-refractivity contribution in [3.8, 4) is 5.69 Å². The Hall–Kier alpha value is -1.68. The van der Waals surface area contributed by atoms with Gasteiger partial charge in [-0.15, -0.1) is 10.2 Å². The predicted octanol–water partition coefficient (Wildman–Crippen LogP) is 1.21. The number of nitrogens with two attached hydrogens (primary N) is 1. The summed E-state index contributed by atoms with van der Waals surface area (Å²) in [6.45, 7) is 0. The lowest BCUT2D eigenvalue weighted by molar-refractivity contribution is 0.617. The Balaban J connectivity index is 2.26. The van der Waals surface area contributed by atoms with Gasteiger partial charge in [0, 0.05) is 0 Å². The van der Waals surface area contributed by atoms with Crippen LogP contribution in [0.25, 0.3) is 5.69 Å². The highest BCUT2D eigenvalue weighted by Crippen LogP contribution is 2.26. The molecule has 1 aliphatic rings. The summed E-state index contributed by atoms with van der Waals surface area (Å²) < 4.78 is 1.99. The molecule has 1 aromatic carbocycles. The number of aromatic nitrogens is 3. The van der Waals surface area contributed by atoms with Gasteiger partial charge in [-0.3, -0.25) is 4.57 Å². The lowest BCUT2D eigenvalue weighted by atomic mass is 10.1. The molecule has 0 saturated heterocycles. The maximum absolute atomic E-state index is 6.05. The number of hydrogen-bond donors (Lipinski definition) is 1. The van der Waals surface area contributed by atoms with Gasteiger partial charge in [-0.2, -0.15) is 0 Å². The zero-order chi connectivity index (χ0) is 10.3. The molecular formula is C11H12N4. The first-order valence-corrected chi connectivity index (χ1v) is 5.10. The fourth-order valence-electron chi connectivity index (χ4n) is 2.08. The second-order valence-corrected chi connectivity index (χ2v) is 3.83. The minimum atomic E-state index is -0.0140. The van der Waals surface area contributed by atoms with E-state index in [1.165, 1.54) is 5.56 Å². The molecule has 2 heterocycles. The largest absolute Gasteiger partial charge is 0.321 e. The lowest BCUT2D eigenvalue weighted by Gasteiger charge is -2.07. The van der Waals surface area contributed by atoms with E-state index in [2.05, 4.69) is 28.4 Å². The summed E-state index contributed by atoms with van der Waals surface area (Å²) in [6.07, 6.45) is 3.66. The maximum atomic E-state index is 6.05. The SMILES string of the molecule is N[C@H]1CCc2ccccc2-n2cnnc21. The molecule has 15 heavy (non-hydrogen) atoms. The summed E-state index contributed by atoms with van der Waals surface area (Å²) in [5, 5.41) is 8.01. The van der Waals surface area contributed by atoms with E-state index >= 15 is 0 Å². The smallest absolute Gasteiger partial charge is 0.154 e. The van der Waals surface area contributed by atoms with Crippen LogP contribution in [0.1, 0.15) is 23.9 Å². The third-order valence-corrected chi connectivity index (χ3v) is 2.88. The predicted molar refractivity (Wildman–Crippen MR) is 56.6 cm³/mol. The first-order chi connectivity index (χ1) is 7.36. The summed E-state index contributed by atoms with van der Waals surface area (Å²) in [5.41, 5.74) is 8.52. The number of para-hydroxylation sites is 1. The van der Waals surface area contributed by atoms with Crippen molar-refractivity contribution < 1.29 is 0 Å². The summed E-state index contributed by atoms with van der Waals surface area (Å²) in [4.78, 5) is 0. The van der Waals surface area contributed by atoms with E-state index in [0.717, 1.165) is 24.4 Å². The molecule has 1 aliphatic heterocycles. The van der Waals surface area contributed by atoms with Crippen molar-refractivity contribution in [1.82, 2.24) is 14.8 Å². The van der Waals surface area contributed by atoms with Gasteiger partial charge < -0.3 is 5.73 Å². The Kier molecular flexibility index (Phi) is 1.82. The van der Waals surface area contributed by atoms with Crippen LogP contribution in [0.15, 0.2) is 30.6 Å². The first kappa shape index (κ1) is 8.61. The van der Waals surface area contributed by atoms with Crippen molar-refractivity contribution in [1.29, 1.82) is 0 Å². The second-order valence-electron chi connectivity index (χ2n) is 3.83. The molecule has 0 spiro atoms. The molecular weight excluding hydrogens is 188 g/mol. The zero-order valence-electron chi connectivity index (χ0n) is 8.30. The molecule has 4 heteroatoms. The van der Waals surface area contributed by atoms with Crippen molar-refractivity contribution in [2.45, 2.75) is 18.9 Å². The monoisotopic (exact) mass is 200 g/mol. The topological polar surface area (TPSA) is 56.7 Å². The van der Waals surface area contributed by atoms with Crippen molar-refractivity contribution in [3.05, 3.63) is 42.0 Å². The van der Waals surface area contributed by atoms with Gasteiger partial charge in [-0.25, -0.2) is 0 Å². The van der Waals surface area contributed by atoms with E-state index in [1.807, 2.05) is 10.6 Å². The molecule has 0 unspecified atom stereocenters.